The van der Waals surface area contributed by atoms with Crippen LogP contribution in [-0.2, 0) is 57.4 Å². The third kappa shape index (κ3) is 19.8. The van der Waals surface area contributed by atoms with Crippen LogP contribution in [0.4, 0.5) is 11.4 Å². The van der Waals surface area contributed by atoms with E-state index in [-0.39, 0.29) is 177 Å². The van der Waals surface area contributed by atoms with Crippen molar-refractivity contribution in [2.75, 3.05) is 85.1 Å². The maximum atomic E-state index is 13.2. The van der Waals surface area contributed by atoms with Gasteiger partial charge >= 0.3 is 29.8 Å². The van der Waals surface area contributed by atoms with Gasteiger partial charge in [0.15, 0.2) is 0 Å². The Morgan fingerprint density at radius 3 is 1.04 bits per heavy atom. The Morgan fingerprint density at radius 1 is 0.482 bits per heavy atom. The van der Waals surface area contributed by atoms with Crippen LogP contribution >= 0.6 is 0 Å². The number of non-ortho nitro benzene ring substituents is 2. The molecular weight excluding hydrogens is 1460 g/mol. The Hall–Kier alpha value is -9.82. The molecule has 0 saturated carbocycles. The van der Waals surface area contributed by atoms with Gasteiger partial charge in [-0.15, -0.1) is 0 Å². The molecule has 2 aromatic rings. The summed E-state index contributed by atoms with van der Waals surface area (Å²) >= 11 is 0. The van der Waals surface area contributed by atoms with Crippen molar-refractivity contribution in [1.82, 2.24) is 40.0 Å². The number of esters is 4. The lowest BCUT2D eigenvalue weighted by Gasteiger charge is -2.47. The number of nitro benzene ring substituents is 2. The highest BCUT2D eigenvalue weighted by molar-refractivity contribution is 6.08. The number of hydrogen-bond acceptors (Lipinski definition) is 26. The number of nitrogens with two attached hydrogens (primary N) is 4. The van der Waals surface area contributed by atoms with Crippen molar-refractivity contribution in [3.8, 4) is 0 Å². The van der Waals surface area contributed by atoms with Gasteiger partial charge in [-0.3, -0.25) is 68.5 Å². The molecule has 0 radical (unpaired) electrons. The third-order valence-corrected chi connectivity index (χ3v) is 22.4. The minimum atomic E-state index is -1.12. The molecule has 36 heteroatoms. The van der Waals surface area contributed by atoms with Crippen LogP contribution in [0.1, 0.15) is 131 Å². The summed E-state index contributed by atoms with van der Waals surface area (Å²) in [6.45, 7) is 20.5. The average molecular weight is 1570 g/mol. The van der Waals surface area contributed by atoms with E-state index in [0.717, 1.165) is 63.3 Å². The molecule has 16 atom stereocenters. The molecule has 0 aliphatic carbocycles. The lowest BCUT2D eigenvalue weighted by Crippen LogP contribution is -2.63. The number of amides is 7. The van der Waals surface area contributed by atoms with Crippen LogP contribution in [0.3, 0.4) is 0 Å². The molecular formula is C76H112N14O22. The fourth-order valence-corrected chi connectivity index (χ4v) is 16.4. The quantitative estimate of drug-likeness (QED) is 0.0296. The van der Waals surface area contributed by atoms with E-state index in [1.54, 1.807) is 6.92 Å². The van der Waals surface area contributed by atoms with Crippen LogP contribution in [0.5, 0.6) is 0 Å². The maximum absolute atomic E-state index is 13.2. The van der Waals surface area contributed by atoms with Crippen LogP contribution < -0.4 is 33.6 Å². The minimum Gasteiger partial charge on any atom is -0.477 e. The summed E-state index contributed by atoms with van der Waals surface area (Å²) in [6.07, 6.45) is 1.92. The van der Waals surface area contributed by atoms with Crippen molar-refractivity contribution in [2.24, 2.45) is 88.0 Å². The number of likely N-dealkylation sites (tertiary alicyclic amines) is 3. The molecule has 7 amide bonds. The largest absolute Gasteiger partial charge is 0.477 e. The zero-order valence-electron chi connectivity index (χ0n) is 61.2. The number of fused-ring (bicyclic) bond motifs is 3. The molecule has 11 aliphatic rings. The summed E-state index contributed by atoms with van der Waals surface area (Å²) < 4.78 is 10.2. The highest BCUT2D eigenvalue weighted by atomic mass is 16.6. The van der Waals surface area contributed by atoms with Crippen LogP contribution in [0, 0.1) is 85.3 Å². The van der Waals surface area contributed by atoms with E-state index in [1.165, 1.54) is 45.9 Å². The SMILES string of the molecule is C.C.C.C.CC(C)[C@H]1C(=O)N2C(C(=O)OC(=O)c3ccc([N+](=O)[O-])cc3)=C(CN3CC[C@@H](C(N)=O)C3)[C@H](C)[C@H]12.C[C@@H](O)[C@H]1C(=O)N2C(C(=O)O)=C(CN3CC[C@@H](C(N)=O)C3)[C@H](C)[C@H]12.C[C@@H](O)[C@H]1C(=O)N2C(C(=O)OC(=O)c3ccc([N+](=O)[O-])cc3)=C(CN3CC[C@@H](C(N)=O)C3)[C@H](C)[C@H]12.NC(=O)[C@@H]1CCNC1.O[C@H]1CCNC1. The highest BCUT2D eigenvalue weighted by Gasteiger charge is 2.63. The number of aliphatic hydroxyl groups excluding tert-OH is 3. The number of carboxylic acids is 1. The van der Waals surface area contributed by atoms with E-state index in [2.05, 4.69) is 10.6 Å². The molecule has 8 saturated heterocycles. The molecule has 0 spiro atoms. The van der Waals surface area contributed by atoms with E-state index in [0.29, 0.717) is 88.3 Å². The van der Waals surface area contributed by atoms with E-state index < -0.39 is 81.6 Å². The average Bonchev–Trinajstić information content (AvgIpc) is 1.56. The molecule has 618 valence electrons. The molecule has 0 unspecified atom stereocenters. The Morgan fingerprint density at radius 2 is 0.795 bits per heavy atom. The van der Waals surface area contributed by atoms with Gasteiger partial charge in [0, 0.05) is 94.4 Å². The summed E-state index contributed by atoms with van der Waals surface area (Å²) in [5.74, 6) is -9.92. The predicted octanol–water partition coefficient (Wildman–Crippen LogP) is 1.63. The number of hydrogen-bond donors (Lipinski definition) is 10. The molecule has 0 aromatic heterocycles. The predicted molar refractivity (Wildman–Crippen MR) is 406 cm³/mol. The molecule has 8 fully saturated rings. The van der Waals surface area contributed by atoms with Crippen molar-refractivity contribution in [3.63, 3.8) is 0 Å². The van der Waals surface area contributed by atoms with Gasteiger partial charge in [0.1, 0.15) is 17.1 Å². The van der Waals surface area contributed by atoms with E-state index in [1.807, 2.05) is 49.3 Å². The summed E-state index contributed by atoms with van der Waals surface area (Å²) in [4.78, 5) is 177. The summed E-state index contributed by atoms with van der Waals surface area (Å²) in [6, 6.07) is 8.35. The van der Waals surface area contributed by atoms with Crippen LogP contribution in [0.15, 0.2) is 82.3 Å². The van der Waals surface area contributed by atoms with Crippen molar-refractivity contribution in [1.29, 1.82) is 0 Å². The van der Waals surface area contributed by atoms with Gasteiger partial charge in [-0.05, 0) is 126 Å². The zero-order chi connectivity index (χ0) is 79.3. The smallest absolute Gasteiger partial charge is 0.362 e. The number of aliphatic hydroxyl groups is 3. The number of β-amino-alcohol motifs (C(OH)–C–C–N with tert-alkyl or cyclic N) is 1. The van der Waals surface area contributed by atoms with Crippen molar-refractivity contribution in [3.05, 3.63) is 114 Å². The van der Waals surface area contributed by atoms with Gasteiger partial charge < -0.3 is 78.2 Å². The molecule has 14 N–H and O–H groups in total. The molecule has 13 rings (SSSR count). The number of carboxylic acid groups (broad SMARTS) is 1. The number of rotatable bonds is 20. The number of β-lactam (4-membered cyclic amide) rings is 3. The highest BCUT2D eigenvalue weighted by Crippen LogP contribution is 2.51. The van der Waals surface area contributed by atoms with Crippen LogP contribution in [0.2, 0.25) is 0 Å². The summed E-state index contributed by atoms with van der Waals surface area (Å²) in [5, 5.41) is 65.9. The van der Waals surface area contributed by atoms with E-state index >= 15 is 0 Å². The molecule has 2 aromatic carbocycles. The number of aliphatic carboxylic acids is 1. The first-order valence-electron chi connectivity index (χ1n) is 36.2. The first kappa shape index (κ1) is 92.8. The Labute approximate surface area is 650 Å². The molecule has 11 heterocycles. The topological polar surface area (TPSA) is 538 Å². The normalized spacial score (nSPS) is 27.7. The molecule has 0 bridgehead atoms. The lowest BCUT2D eigenvalue weighted by molar-refractivity contribution is -0.385. The third-order valence-electron chi connectivity index (χ3n) is 22.4. The maximum Gasteiger partial charge on any atom is 0.362 e. The van der Waals surface area contributed by atoms with Gasteiger partial charge in [-0.1, -0.05) is 64.3 Å². The summed E-state index contributed by atoms with van der Waals surface area (Å²) in [5.41, 5.74) is 22.8. The van der Waals surface area contributed by atoms with Crippen LogP contribution in [0.25, 0.3) is 0 Å². The van der Waals surface area contributed by atoms with Crippen molar-refractivity contribution in [2.45, 2.75) is 147 Å². The van der Waals surface area contributed by atoms with Gasteiger partial charge in [0.2, 0.25) is 41.4 Å². The molecule has 112 heavy (non-hydrogen) atoms. The molecule has 11 aliphatic heterocycles. The van der Waals surface area contributed by atoms with Crippen molar-refractivity contribution < 1.29 is 97.3 Å². The second-order valence-electron chi connectivity index (χ2n) is 29.8. The van der Waals surface area contributed by atoms with Crippen molar-refractivity contribution >= 4 is 82.6 Å². The van der Waals surface area contributed by atoms with Gasteiger partial charge in [0.25, 0.3) is 11.4 Å². The number of primary amides is 4. The Bertz CT molecular complexity index is 3810. The molecule has 36 nitrogen and oxygen atoms in total. The number of carbonyl (C=O) groups excluding carboxylic acids is 11. The standard InChI is InChI=1S/C24H28N4O7.C23H26N4O8.C16H23N3O5.C5H10N2O.C4H9NO.4CH4/c1-12(2)18-19-13(3)17(11-26-9-8-15(10-26)21(25)29)20(27(19)22(18)30)24(32)35-23(31)14-4-6-16(7-5-14)28(33)34;1-11-16(10-25-8-7-14(9-25)20(24)29)19(26-18(11)17(12(2)28)21(26)30)23(32)35-22(31)13-3-5-15(6-4-13)27(33)34;1-7-10(6-18-4-3-9(5-18)14(17)21)13(16(23)24)19-12(7)11(8(2)20)15(19)22;6-5(8)4-1-2-7-3-4;6-4-1-2-5-3-4;;;;/h4-7,12-13,15,18-19H,8-11H2,1-3H3,(H2,25,29);3-6,11-12,14,17-18,28H,7-10H2,1-2H3,(H2,24,29);7-9,11-12,20H,3-6H2,1-2H3,(H2,17,21)(H,23,24);4,7H,1-3H2,(H2,6,8);4-6H,1-3H2;4*1H4/t13-,15+,18+,19+;11-,12+,14+,17+,18+;7-,8+,9+,11+,12+;2*4-;;;;/m00010..../s1. The summed E-state index contributed by atoms with van der Waals surface area (Å²) in [7, 11) is 0. The lowest BCUT2D eigenvalue weighted by atomic mass is 9.74. The van der Waals surface area contributed by atoms with Crippen LogP contribution in [-0.4, -0.2) is 252 Å². The number of ether oxygens (including phenoxy) is 2. The first-order valence-corrected chi connectivity index (χ1v) is 36.2. The van der Waals surface area contributed by atoms with Gasteiger partial charge in [0.05, 0.1) is 98.8 Å². The van der Waals surface area contributed by atoms with E-state index in [4.69, 9.17) is 37.5 Å². The minimum absolute atomic E-state index is 0. The number of nitrogens with zero attached hydrogens (tertiary/aromatic N) is 8. The number of benzene rings is 2. The fourth-order valence-electron chi connectivity index (χ4n) is 16.4. The Kier molecular flexibility index (Phi) is 32.4. The second kappa shape index (κ2) is 39.1. The monoisotopic (exact) mass is 1570 g/mol. The Balaban J connectivity index is 0.000000274. The number of nitro groups is 2. The zero-order valence-corrected chi connectivity index (χ0v) is 61.2. The number of carbonyl (C=O) groups is 12. The first-order chi connectivity index (χ1) is 50.9. The van der Waals surface area contributed by atoms with E-state index in [9.17, 15) is 93.1 Å². The fraction of sp³-hybridized carbons (Fsp3) is 0.605. The number of nitrogens with one attached hydrogen (secondary N) is 2. The van der Waals surface area contributed by atoms with Gasteiger partial charge in [-0.25, -0.2) is 24.0 Å². The second-order valence-corrected chi connectivity index (χ2v) is 29.8. The van der Waals surface area contributed by atoms with Gasteiger partial charge in [-0.2, -0.15) is 0 Å².